The normalized spacial score (nSPS) is 36.2. The number of allylic oxidation sites excluding steroid dienone is 1. The Kier molecular flexibility index (Phi) is 5.89. The molecule has 0 heterocycles. The summed E-state index contributed by atoms with van der Waals surface area (Å²) in [5.74, 6) is 2.95. The van der Waals surface area contributed by atoms with Gasteiger partial charge < -0.3 is 0 Å². The number of nitrogens with zero attached hydrogens (tertiary/aromatic N) is 1. The van der Waals surface area contributed by atoms with E-state index in [-0.39, 0.29) is 0 Å². The lowest BCUT2D eigenvalue weighted by atomic mass is 9.69. The van der Waals surface area contributed by atoms with Crippen molar-refractivity contribution in [2.24, 2.45) is 23.7 Å². The second kappa shape index (κ2) is 7.68. The molecule has 0 spiro atoms. The van der Waals surface area contributed by atoms with Crippen molar-refractivity contribution in [2.45, 2.75) is 64.2 Å². The highest BCUT2D eigenvalue weighted by atomic mass is 19.1. The standard InChI is InChI=1S/C17H26FN/c18-12-2-1-3-14-4-8-16(9-5-14)17-10-6-15(13-19)7-11-17/h2,12,14-17H,1,3-11H2. The Hall–Kier alpha value is -0.840. The van der Waals surface area contributed by atoms with Crippen LogP contribution in [0.4, 0.5) is 4.39 Å². The van der Waals surface area contributed by atoms with E-state index in [9.17, 15) is 4.39 Å². The number of hydrogen-bond donors (Lipinski definition) is 0. The second-order valence-electron chi connectivity index (χ2n) is 6.46. The fraction of sp³-hybridized carbons (Fsp3) is 0.824. The highest BCUT2D eigenvalue weighted by molar-refractivity contribution is 4.89. The van der Waals surface area contributed by atoms with Crippen molar-refractivity contribution >= 4 is 0 Å². The van der Waals surface area contributed by atoms with Gasteiger partial charge in [-0.25, -0.2) is 4.39 Å². The predicted molar refractivity (Wildman–Crippen MR) is 76.0 cm³/mol. The van der Waals surface area contributed by atoms with E-state index in [1.807, 2.05) is 0 Å². The van der Waals surface area contributed by atoms with Gasteiger partial charge in [0.05, 0.1) is 12.4 Å². The van der Waals surface area contributed by atoms with Gasteiger partial charge in [0.15, 0.2) is 0 Å². The minimum absolute atomic E-state index is 0.333. The molecule has 19 heavy (non-hydrogen) atoms. The van der Waals surface area contributed by atoms with E-state index in [0.717, 1.165) is 43.4 Å². The summed E-state index contributed by atoms with van der Waals surface area (Å²) in [4.78, 5) is 0. The van der Waals surface area contributed by atoms with Crippen LogP contribution in [0.25, 0.3) is 0 Å². The van der Waals surface area contributed by atoms with Gasteiger partial charge in [0.1, 0.15) is 0 Å². The van der Waals surface area contributed by atoms with Gasteiger partial charge in [0, 0.05) is 5.92 Å². The van der Waals surface area contributed by atoms with Crippen LogP contribution in [0.2, 0.25) is 0 Å². The molecule has 0 aromatic rings. The van der Waals surface area contributed by atoms with E-state index in [1.54, 1.807) is 6.08 Å². The molecule has 0 aliphatic heterocycles. The molecule has 2 rings (SSSR count). The van der Waals surface area contributed by atoms with Crippen LogP contribution in [0.15, 0.2) is 12.4 Å². The Morgan fingerprint density at radius 3 is 2.05 bits per heavy atom. The average molecular weight is 263 g/mol. The molecule has 0 aromatic carbocycles. The van der Waals surface area contributed by atoms with E-state index in [1.165, 1.54) is 38.5 Å². The third-order valence-electron chi connectivity index (χ3n) is 5.34. The molecule has 2 fully saturated rings. The highest BCUT2D eigenvalue weighted by Gasteiger charge is 2.30. The number of halogens is 1. The molecule has 1 nitrogen and oxygen atoms in total. The van der Waals surface area contributed by atoms with Crippen LogP contribution in [0.3, 0.4) is 0 Å². The fourth-order valence-corrected chi connectivity index (χ4v) is 4.06. The summed E-state index contributed by atoms with van der Waals surface area (Å²) in [6.45, 7) is 0. The Labute approximate surface area is 116 Å². The van der Waals surface area contributed by atoms with E-state index in [0.29, 0.717) is 12.2 Å². The average Bonchev–Trinajstić information content (AvgIpc) is 2.48. The summed E-state index contributed by atoms with van der Waals surface area (Å²) in [5.41, 5.74) is 0. The summed E-state index contributed by atoms with van der Waals surface area (Å²) in [6.07, 6.45) is 14.6. The fourth-order valence-electron chi connectivity index (χ4n) is 4.06. The number of rotatable bonds is 4. The Bertz CT molecular complexity index is 315. The van der Waals surface area contributed by atoms with Crippen LogP contribution in [0, 0.1) is 35.0 Å². The van der Waals surface area contributed by atoms with Crippen molar-refractivity contribution in [2.75, 3.05) is 0 Å². The lowest BCUT2D eigenvalue weighted by Crippen LogP contribution is -2.25. The van der Waals surface area contributed by atoms with Gasteiger partial charge in [-0.2, -0.15) is 5.26 Å². The first kappa shape index (κ1) is 14.6. The van der Waals surface area contributed by atoms with Gasteiger partial charge >= 0.3 is 0 Å². The SMILES string of the molecule is N#CC1CCC(C2CCC(CCC=CF)CC2)CC1. The zero-order chi connectivity index (χ0) is 13.5. The van der Waals surface area contributed by atoms with E-state index >= 15 is 0 Å². The maximum atomic E-state index is 11.9. The van der Waals surface area contributed by atoms with Crippen LogP contribution >= 0.6 is 0 Å². The summed E-state index contributed by atoms with van der Waals surface area (Å²) in [7, 11) is 0. The van der Waals surface area contributed by atoms with Crippen LogP contribution in [-0.2, 0) is 0 Å². The molecule has 0 bridgehead atoms. The first-order valence-electron chi connectivity index (χ1n) is 7.98. The molecule has 0 radical (unpaired) electrons. The Balaban J connectivity index is 1.67. The van der Waals surface area contributed by atoms with E-state index in [2.05, 4.69) is 6.07 Å². The molecule has 0 aromatic heterocycles. The molecule has 2 aliphatic carbocycles. The quantitative estimate of drug-likeness (QED) is 0.667. The zero-order valence-electron chi connectivity index (χ0n) is 11.9. The lowest BCUT2D eigenvalue weighted by molar-refractivity contribution is 0.154. The smallest absolute Gasteiger partial charge is 0.0827 e. The van der Waals surface area contributed by atoms with Crippen LogP contribution in [0.5, 0.6) is 0 Å². The maximum Gasteiger partial charge on any atom is 0.0827 e. The highest BCUT2D eigenvalue weighted by Crippen LogP contribution is 2.42. The number of hydrogen-bond acceptors (Lipinski definition) is 1. The predicted octanol–water partition coefficient (Wildman–Crippen LogP) is 5.39. The first-order chi connectivity index (χ1) is 9.33. The lowest BCUT2D eigenvalue weighted by Gasteiger charge is -2.36. The molecule has 0 N–H and O–H groups in total. The van der Waals surface area contributed by atoms with Gasteiger partial charge in [0.25, 0.3) is 0 Å². The van der Waals surface area contributed by atoms with E-state index < -0.39 is 0 Å². The van der Waals surface area contributed by atoms with Crippen molar-refractivity contribution in [3.05, 3.63) is 12.4 Å². The Morgan fingerprint density at radius 1 is 0.947 bits per heavy atom. The monoisotopic (exact) mass is 263 g/mol. The largest absolute Gasteiger partial charge is 0.216 e. The van der Waals surface area contributed by atoms with Gasteiger partial charge in [-0.3, -0.25) is 0 Å². The second-order valence-corrected chi connectivity index (χ2v) is 6.46. The summed E-state index contributed by atoms with van der Waals surface area (Å²) in [6, 6.07) is 2.43. The third kappa shape index (κ3) is 4.34. The Morgan fingerprint density at radius 2 is 1.53 bits per heavy atom. The number of nitriles is 1. The summed E-state index contributed by atoms with van der Waals surface area (Å²) >= 11 is 0. The molecule has 2 saturated carbocycles. The van der Waals surface area contributed by atoms with Gasteiger partial charge in [-0.1, -0.05) is 18.9 Å². The van der Waals surface area contributed by atoms with Gasteiger partial charge in [0.2, 0.25) is 0 Å². The minimum atomic E-state index is 0.333. The van der Waals surface area contributed by atoms with Crippen LogP contribution < -0.4 is 0 Å². The van der Waals surface area contributed by atoms with Crippen molar-refractivity contribution in [1.82, 2.24) is 0 Å². The van der Waals surface area contributed by atoms with Gasteiger partial charge in [-0.05, 0) is 69.1 Å². The van der Waals surface area contributed by atoms with E-state index in [4.69, 9.17) is 5.26 Å². The van der Waals surface area contributed by atoms with Crippen LogP contribution in [-0.4, -0.2) is 0 Å². The van der Waals surface area contributed by atoms with Crippen LogP contribution in [0.1, 0.15) is 64.2 Å². The minimum Gasteiger partial charge on any atom is -0.216 e. The molecule has 2 aliphatic rings. The molecular weight excluding hydrogens is 237 g/mol. The van der Waals surface area contributed by atoms with Crippen molar-refractivity contribution in [3.8, 4) is 6.07 Å². The topological polar surface area (TPSA) is 23.8 Å². The maximum absolute atomic E-state index is 11.9. The molecule has 106 valence electrons. The first-order valence-corrected chi connectivity index (χ1v) is 7.98. The summed E-state index contributed by atoms with van der Waals surface area (Å²) < 4.78 is 11.9. The molecule has 0 saturated heterocycles. The van der Waals surface area contributed by atoms with Crippen molar-refractivity contribution in [1.29, 1.82) is 5.26 Å². The molecular formula is C17H26FN. The third-order valence-corrected chi connectivity index (χ3v) is 5.34. The zero-order valence-corrected chi connectivity index (χ0v) is 11.9. The van der Waals surface area contributed by atoms with Gasteiger partial charge in [-0.15, -0.1) is 0 Å². The molecule has 0 unspecified atom stereocenters. The molecule has 2 heteroatoms. The van der Waals surface area contributed by atoms with Crippen molar-refractivity contribution < 1.29 is 4.39 Å². The summed E-state index contributed by atoms with van der Waals surface area (Å²) in [5, 5.41) is 8.94. The molecule has 0 atom stereocenters. The molecule has 0 amide bonds. The van der Waals surface area contributed by atoms with Crippen molar-refractivity contribution in [3.63, 3.8) is 0 Å².